The van der Waals surface area contributed by atoms with Crippen LogP contribution in [0.25, 0.3) is 99.1 Å². The van der Waals surface area contributed by atoms with E-state index in [1.165, 1.54) is 71.1 Å². The van der Waals surface area contributed by atoms with Gasteiger partial charge in [0.2, 0.25) is 0 Å². The third-order valence-corrected chi connectivity index (χ3v) is 13.8. The maximum atomic E-state index is 2.42. The monoisotopic (exact) mass is 867 g/mol. The molecule has 320 valence electrons. The van der Waals surface area contributed by atoms with Crippen LogP contribution in [0.15, 0.2) is 255 Å². The van der Waals surface area contributed by atoms with Gasteiger partial charge in [0.05, 0.1) is 27.8 Å². The van der Waals surface area contributed by atoms with Crippen molar-refractivity contribution >= 4 is 71.4 Å². The van der Waals surface area contributed by atoms with E-state index in [9.17, 15) is 0 Å². The van der Waals surface area contributed by atoms with E-state index in [2.05, 4.69) is 276 Å². The molecule has 0 spiro atoms. The predicted molar refractivity (Wildman–Crippen MR) is 288 cm³/mol. The van der Waals surface area contributed by atoms with Gasteiger partial charge in [0, 0.05) is 49.9 Å². The van der Waals surface area contributed by atoms with Crippen LogP contribution in [0.2, 0.25) is 0 Å². The van der Waals surface area contributed by atoms with Crippen molar-refractivity contribution in [1.29, 1.82) is 0 Å². The quantitative estimate of drug-likeness (QED) is 0.148. The van der Waals surface area contributed by atoms with Gasteiger partial charge in [0.1, 0.15) is 0 Å². The second-order valence-corrected chi connectivity index (χ2v) is 17.8. The van der Waals surface area contributed by atoms with Gasteiger partial charge in [0.25, 0.3) is 0 Å². The zero-order valence-electron chi connectivity index (χ0n) is 37.6. The summed E-state index contributed by atoms with van der Waals surface area (Å²) in [6.07, 6.45) is 0. The Balaban J connectivity index is 0.974. The lowest BCUT2D eigenvalue weighted by molar-refractivity contribution is 1.17. The summed E-state index contributed by atoms with van der Waals surface area (Å²) >= 11 is 0. The van der Waals surface area contributed by atoms with Gasteiger partial charge in [-0.25, -0.2) is 0 Å². The molecule has 0 aliphatic rings. The smallest absolute Gasteiger partial charge is 0.0541 e. The minimum absolute atomic E-state index is 1.07. The van der Waals surface area contributed by atoms with E-state index >= 15 is 0 Å². The number of rotatable bonds is 8. The average Bonchev–Trinajstić information content (AvgIpc) is 3.92. The molecule has 2 aromatic heterocycles. The maximum absolute atomic E-state index is 2.42. The lowest BCUT2D eigenvalue weighted by atomic mass is 9.95. The van der Waals surface area contributed by atoms with Crippen LogP contribution in [0.5, 0.6) is 0 Å². The fourth-order valence-corrected chi connectivity index (χ4v) is 10.6. The Morgan fingerprint density at radius 2 is 0.794 bits per heavy atom. The molecule has 0 aliphatic heterocycles. The topological polar surface area (TPSA) is 13.1 Å². The summed E-state index contributed by atoms with van der Waals surface area (Å²) in [6, 6.07) is 93.2. The van der Waals surface area contributed by atoms with Crippen LogP contribution in [0.1, 0.15) is 5.56 Å². The van der Waals surface area contributed by atoms with E-state index in [0.717, 1.165) is 50.7 Å². The van der Waals surface area contributed by atoms with E-state index in [1.54, 1.807) is 0 Å². The highest BCUT2D eigenvalue weighted by molar-refractivity contribution is 6.10. The molecule has 68 heavy (non-hydrogen) atoms. The SMILES string of the molecule is Cc1ccc2c(c1)c1ccccc1n2-c1ccc(N(c2ccc(-c3cccc4ccccc34)cc2)c2ccc(-c3cccc(-n4c5ccccc5c5ccccc54)c3)cc2-c2ccccc2)cc1. The molecule has 3 heteroatoms. The fraction of sp³-hybridized carbons (Fsp3) is 0.0154. The molecule has 3 nitrogen and oxygen atoms in total. The molecular formula is C65H45N3. The molecule has 0 bridgehead atoms. The summed E-state index contributed by atoms with van der Waals surface area (Å²) in [5.74, 6) is 0. The third-order valence-electron chi connectivity index (χ3n) is 13.8. The Morgan fingerprint density at radius 3 is 1.50 bits per heavy atom. The molecule has 0 fully saturated rings. The largest absolute Gasteiger partial charge is 0.310 e. The molecule has 2 heterocycles. The van der Waals surface area contributed by atoms with E-state index in [4.69, 9.17) is 0 Å². The Bertz CT molecular complexity index is 3970. The van der Waals surface area contributed by atoms with Crippen LogP contribution in [0.3, 0.4) is 0 Å². The van der Waals surface area contributed by atoms with E-state index in [0.29, 0.717) is 0 Å². The van der Waals surface area contributed by atoms with Gasteiger partial charge < -0.3 is 14.0 Å². The van der Waals surface area contributed by atoms with Crippen molar-refractivity contribution in [2.45, 2.75) is 6.92 Å². The summed E-state index contributed by atoms with van der Waals surface area (Å²) in [5, 5.41) is 7.53. The summed E-state index contributed by atoms with van der Waals surface area (Å²) in [5.41, 5.74) is 18.6. The molecule has 0 radical (unpaired) electrons. The molecule has 0 N–H and O–H groups in total. The highest BCUT2D eigenvalue weighted by atomic mass is 15.1. The van der Waals surface area contributed by atoms with Crippen LogP contribution in [0.4, 0.5) is 17.1 Å². The Labute approximate surface area is 395 Å². The van der Waals surface area contributed by atoms with Gasteiger partial charge in [-0.1, -0.05) is 169 Å². The first-order valence-electron chi connectivity index (χ1n) is 23.4. The molecule has 13 aromatic rings. The summed E-state index contributed by atoms with van der Waals surface area (Å²) in [6.45, 7) is 2.17. The van der Waals surface area contributed by atoms with Gasteiger partial charge >= 0.3 is 0 Å². The summed E-state index contributed by atoms with van der Waals surface area (Å²) in [4.78, 5) is 2.42. The van der Waals surface area contributed by atoms with Crippen molar-refractivity contribution in [2.75, 3.05) is 4.90 Å². The molecule has 0 aliphatic carbocycles. The minimum atomic E-state index is 1.07. The van der Waals surface area contributed by atoms with Crippen molar-refractivity contribution in [3.63, 3.8) is 0 Å². The van der Waals surface area contributed by atoms with Gasteiger partial charge in [-0.2, -0.15) is 0 Å². The molecule has 0 saturated carbocycles. The molecule has 0 saturated heterocycles. The highest BCUT2D eigenvalue weighted by Gasteiger charge is 2.21. The Morgan fingerprint density at radius 1 is 0.294 bits per heavy atom. The zero-order valence-corrected chi connectivity index (χ0v) is 37.6. The zero-order chi connectivity index (χ0) is 45.1. The van der Waals surface area contributed by atoms with Crippen molar-refractivity contribution < 1.29 is 0 Å². The summed E-state index contributed by atoms with van der Waals surface area (Å²) in [7, 11) is 0. The number of anilines is 3. The minimum Gasteiger partial charge on any atom is -0.310 e. The van der Waals surface area contributed by atoms with Crippen molar-refractivity contribution in [1.82, 2.24) is 9.13 Å². The lowest BCUT2D eigenvalue weighted by Crippen LogP contribution is -2.11. The number of aromatic nitrogens is 2. The molecule has 11 aromatic carbocycles. The van der Waals surface area contributed by atoms with Crippen LogP contribution in [-0.2, 0) is 0 Å². The second kappa shape index (κ2) is 16.2. The first-order valence-corrected chi connectivity index (χ1v) is 23.4. The molecule has 0 amide bonds. The van der Waals surface area contributed by atoms with Crippen molar-refractivity contribution in [3.05, 3.63) is 260 Å². The fourth-order valence-electron chi connectivity index (χ4n) is 10.6. The number of hydrogen-bond acceptors (Lipinski definition) is 1. The number of benzene rings is 11. The standard InChI is InChI=1S/C65H45N3/c1-44-29-39-65-60(41-44)58-24-9-12-28-63(58)67(65)52-37-35-51(36-38-52)66(50-33-30-47(31-34-50)55-25-14-18-45-17-5-6-21-54(45)55)64-40-32-49(43-59(64)46-15-3-2-4-16-46)48-19-13-20-53(42-48)68-61-26-10-7-22-56(61)57-23-8-11-27-62(57)68/h2-43H,1H3. The summed E-state index contributed by atoms with van der Waals surface area (Å²) < 4.78 is 4.79. The van der Waals surface area contributed by atoms with Crippen LogP contribution < -0.4 is 4.90 Å². The van der Waals surface area contributed by atoms with Crippen LogP contribution in [-0.4, -0.2) is 9.13 Å². The van der Waals surface area contributed by atoms with E-state index in [1.807, 2.05) is 0 Å². The molecule has 13 rings (SSSR count). The van der Waals surface area contributed by atoms with Gasteiger partial charge in [-0.3, -0.25) is 0 Å². The lowest BCUT2D eigenvalue weighted by Gasteiger charge is -2.29. The average molecular weight is 868 g/mol. The van der Waals surface area contributed by atoms with Crippen LogP contribution >= 0.6 is 0 Å². The number of fused-ring (bicyclic) bond motifs is 7. The van der Waals surface area contributed by atoms with Gasteiger partial charge in [0.15, 0.2) is 0 Å². The number of aryl methyl sites for hydroxylation is 1. The second-order valence-electron chi connectivity index (χ2n) is 17.8. The number of nitrogens with zero attached hydrogens (tertiary/aromatic N) is 3. The van der Waals surface area contributed by atoms with Crippen molar-refractivity contribution in [2.24, 2.45) is 0 Å². The normalized spacial score (nSPS) is 11.6. The first-order chi connectivity index (χ1) is 33.6. The maximum Gasteiger partial charge on any atom is 0.0541 e. The van der Waals surface area contributed by atoms with E-state index < -0.39 is 0 Å². The predicted octanol–water partition coefficient (Wildman–Crippen LogP) is 17.8. The highest BCUT2D eigenvalue weighted by Crippen LogP contribution is 2.45. The Hall–Kier alpha value is -8.92. The molecular weight excluding hydrogens is 823 g/mol. The Kier molecular flexibility index (Phi) is 9.40. The first kappa shape index (κ1) is 39.4. The van der Waals surface area contributed by atoms with Gasteiger partial charge in [-0.05, 0) is 137 Å². The number of para-hydroxylation sites is 3. The van der Waals surface area contributed by atoms with Gasteiger partial charge in [-0.15, -0.1) is 0 Å². The molecule has 0 atom stereocenters. The van der Waals surface area contributed by atoms with Crippen molar-refractivity contribution in [3.8, 4) is 44.8 Å². The van der Waals surface area contributed by atoms with Crippen LogP contribution in [0, 0.1) is 6.92 Å². The molecule has 0 unspecified atom stereocenters. The third kappa shape index (κ3) is 6.59. The van der Waals surface area contributed by atoms with E-state index in [-0.39, 0.29) is 0 Å². The number of hydrogen-bond donors (Lipinski definition) is 0.